The molecule has 0 saturated heterocycles. The number of hydrogen-bond acceptors (Lipinski definition) is 5. The second-order valence-electron chi connectivity index (χ2n) is 5.35. The number of aryl methyl sites for hydroxylation is 1. The number of nitrogens with zero attached hydrogens (tertiary/aromatic N) is 3. The molecule has 1 aliphatic rings. The van der Waals surface area contributed by atoms with Crippen molar-refractivity contribution in [2.75, 3.05) is 11.9 Å². The monoisotopic (exact) mass is 284 g/mol. The first-order valence-electron chi connectivity index (χ1n) is 7.39. The predicted octanol–water partition coefficient (Wildman–Crippen LogP) is 2.83. The Labute approximate surface area is 124 Å². The van der Waals surface area contributed by atoms with Gasteiger partial charge in [-0.05, 0) is 38.8 Å². The van der Waals surface area contributed by atoms with Crippen LogP contribution >= 0.6 is 0 Å². The van der Waals surface area contributed by atoms with Gasteiger partial charge < -0.3 is 10.1 Å². The fraction of sp³-hybridized carbons (Fsp3) is 0.438. The summed E-state index contributed by atoms with van der Waals surface area (Å²) < 4.78 is 5.58. The van der Waals surface area contributed by atoms with E-state index in [1.54, 1.807) is 12.4 Å². The van der Waals surface area contributed by atoms with Gasteiger partial charge in [0.25, 0.3) is 0 Å². The second kappa shape index (κ2) is 6.18. The van der Waals surface area contributed by atoms with E-state index in [1.165, 1.54) is 0 Å². The molecule has 0 aliphatic heterocycles. The number of anilines is 1. The first-order valence-corrected chi connectivity index (χ1v) is 7.39. The average Bonchev–Trinajstić information content (AvgIpc) is 2.45. The highest BCUT2D eigenvalue weighted by atomic mass is 16.5. The van der Waals surface area contributed by atoms with Gasteiger partial charge in [-0.25, -0.2) is 9.97 Å². The molecule has 21 heavy (non-hydrogen) atoms. The summed E-state index contributed by atoms with van der Waals surface area (Å²) >= 11 is 0. The van der Waals surface area contributed by atoms with Crippen molar-refractivity contribution < 1.29 is 4.74 Å². The minimum atomic E-state index is 0.397. The molecule has 2 aromatic rings. The number of aromatic nitrogens is 3. The topological polar surface area (TPSA) is 59.9 Å². The van der Waals surface area contributed by atoms with Crippen molar-refractivity contribution in [2.24, 2.45) is 0 Å². The number of nitrogens with one attached hydrogen (secondary N) is 1. The molecule has 2 aromatic heterocycles. The Morgan fingerprint density at radius 2 is 2.19 bits per heavy atom. The number of ether oxygens (including phenoxy) is 1. The number of hydrogen-bond donors (Lipinski definition) is 1. The number of pyridine rings is 1. The summed E-state index contributed by atoms with van der Waals surface area (Å²) in [5.74, 6) is 1.59. The lowest BCUT2D eigenvalue weighted by molar-refractivity contribution is 0.00292. The van der Waals surface area contributed by atoms with Crippen molar-refractivity contribution in [3.63, 3.8) is 0 Å². The van der Waals surface area contributed by atoms with Gasteiger partial charge >= 0.3 is 0 Å². The minimum absolute atomic E-state index is 0.397. The average molecular weight is 284 g/mol. The Morgan fingerprint density at radius 3 is 2.90 bits per heavy atom. The maximum absolute atomic E-state index is 5.58. The Morgan fingerprint density at radius 1 is 1.33 bits per heavy atom. The molecule has 5 heteroatoms. The fourth-order valence-electron chi connectivity index (χ4n) is 2.53. The minimum Gasteiger partial charge on any atom is -0.378 e. The van der Waals surface area contributed by atoms with Gasteiger partial charge in [0, 0.05) is 42.4 Å². The van der Waals surface area contributed by atoms with Crippen LogP contribution in [0.4, 0.5) is 5.82 Å². The highest BCUT2D eigenvalue weighted by Crippen LogP contribution is 2.27. The molecule has 0 radical (unpaired) electrons. The zero-order chi connectivity index (χ0) is 14.7. The van der Waals surface area contributed by atoms with E-state index in [0.29, 0.717) is 18.0 Å². The summed E-state index contributed by atoms with van der Waals surface area (Å²) in [5, 5.41) is 3.47. The normalized spacial score (nSPS) is 20.9. The van der Waals surface area contributed by atoms with Crippen molar-refractivity contribution in [1.82, 2.24) is 15.0 Å². The summed E-state index contributed by atoms with van der Waals surface area (Å²) in [6.45, 7) is 4.81. The third-order valence-electron chi connectivity index (χ3n) is 3.62. The van der Waals surface area contributed by atoms with Gasteiger partial charge in [-0.3, -0.25) is 4.98 Å². The van der Waals surface area contributed by atoms with Gasteiger partial charge in [0.05, 0.1) is 6.10 Å². The quantitative estimate of drug-likeness (QED) is 0.915. The Balaban J connectivity index is 1.71. The second-order valence-corrected chi connectivity index (χ2v) is 5.35. The Kier molecular flexibility index (Phi) is 4.10. The fourth-order valence-corrected chi connectivity index (χ4v) is 2.53. The Hall–Kier alpha value is -2.01. The van der Waals surface area contributed by atoms with Crippen LogP contribution in [0.5, 0.6) is 0 Å². The van der Waals surface area contributed by atoms with Gasteiger partial charge in [-0.15, -0.1) is 0 Å². The first-order chi connectivity index (χ1) is 10.2. The molecule has 0 unspecified atom stereocenters. The van der Waals surface area contributed by atoms with Gasteiger partial charge in [-0.1, -0.05) is 0 Å². The molecule has 1 fully saturated rings. The molecule has 0 amide bonds. The van der Waals surface area contributed by atoms with E-state index in [-0.39, 0.29) is 0 Å². The van der Waals surface area contributed by atoms with Crippen LogP contribution in [-0.2, 0) is 4.74 Å². The van der Waals surface area contributed by atoms with Crippen molar-refractivity contribution in [3.05, 3.63) is 36.3 Å². The molecule has 110 valence electrons. The molecular weight excluding hydrogens is 264 g/mol. The third-order valence-corrected chi connectivity index (χ3v) is 3.62. The van der Waals surface area contributed by atoms with Crippen LogP contribution in [-0.4, -0.2) is 33.7 Å². The molecule has 5 nitrogen and oxygen atoms in total. The van der Waals surface area contributed by atoms with Gasteiger partial charge in [0.1, 0.15) is 5.82 Å². The highest BCUT2D eigenvalue weighted by Gasteiger charge is 2.29. The third kappa shape index (κ3) is 3.36. The molecule has 0 atom stereocenters. The van der Waals surface area contributed by atoms with Crippen LogP contribution in [0.2, 0.25) is 0 Å². The lowest BCUT2D eigenvalue weighted by atomic mass is 9.89. The zero-order valence-corrected chi connectivity index (χ0v) is 12.4. The predicted molar refractivity (Wildman–Crippen MR) is 82.1 cm³/mol. The van der Waals surface area contributed by atoms with E-state index in [2.05, 4.69) is 20.3 Å². The molecule has 0 bridgehead atoms. The lowest BCUT2D eigenvalue weighted by Gasteiger charge is -2.35. The molecule has 3 rings (SSSR count). The van der Waals surface area contributed by atoms with Crippen molar-refractivity contribution >= 4 is 5.82 Å². The summed E-state index contributed by atoms with van der Waals surface area (Å²) in [5.41, 5.74) is 1.89. The maximum atomic E-state index is 5.58. The summed E-state index contributed by atoms with van der Waals surface area (Å²) in [6.07, 6.45) is 6.01. The van der Waals surface area contributed by atoms with E-state index in [0.717, 1.165) is 36.5 Å². The summed E-state index contributed by atoms with van der Waals surface area (Å²) in [7, 11) is 0. The lowest BCUT2D eigenvalue weighted by Crippen LogP contribution is -2.41. The van der Waals surface area contributed by atoms with Crippen LogP contribution in [0.15, 0.2) is 30.6 Å². The van der Waals surface area contributed by atoms with E-state index in [9.17, 15) is 0 Å². The van der Waals surface area contributed by atoms with Crippen LogP contribution < -0.4 is 5.32 Å². The summed E-state index contributed by atoms with van der Waals surface area (Å²) in [4.78, 5) is 13.2. The van der Waals surface area contributed by atoms with Gasteiger partial charge in [-0.2, -0.15) is 0 Å². The van der Waals surface area contributed by atoms with E-state index in [4.69, 9.17) is 4.74 Å². The molecule has 0 spiro atoms. The smallest absolute Gasteiger partial charge is 0.163 e. The largest absolute Gasteiger partial charge is 0.378 e. The van der Waals surface area contributed by atoms with Crippen molar-refractivity contribution in [2.45, 2.75) is 38.8 Å². The van der Waals surface area contributed by atoms with Gasteiger partial charge in [0.2, 0.25) is 0 Å². The summed E-state index contributed by atoms with van der Waals surface area (Å²) in [6, 6.07) is 6.29. The molecule has 1 saturated carbocycles. The van der Waals surface area contributed by atoms with E-state index >= 15 is 0 Å². The number of rotatable bonds is 5. The van der Waals surface area contributed by atoms with Crippen LogP contribution in [0.3, 0.4) is 0 Å². The standard InChI is InChI=1S/C16H20N4O/c1-3-21-14-8-13(9-14)19-15-7-11(2)18-16(20-15)12-5-4-6-17-10-12/h4-7,10,13-14H,3,8-9H2,1-2H3,(H,18,19,20). The maximum Gasteiger partial charge on any atom is 0.163 e. The van der Waals surface area contributed by atoms with Crippen LogP contribution in [0.25, 0.3) is 11.4 Å². The van der Waals surface area contributed by atoms with Crippen molar-refractivity contribution in [1.29, 1.82) is 0 Å². The van der Waals surface area contributed by atoms with E-state index in [1.807, 2.05) is 32.0 Å². The molecular formula is C16H20N4O. The Bertz CT molecular complexity index is 596. The SMILES string of the molecule is CCOC1CC(Nc2cc(C)nc(-c3cccnc3)n2)C1. The van der Waals surface area contributed by atoms with E-state index < -0.39 is 0 Å². The molecule has 2 heterocycles. The molecule has 1 N–H and O–H groups in total. The zero-order valence-electron chi connectivity index (χ0n) is 12.4. The van der Waals surface area contributed by atoms with Crippen LogP contribution in [0, 0.1) is 6.92 Å². The molecule has 0 aromatic carbocycles. The highest BCUT2D eigenvalue weighted by molar-refractivity contribution is 5.56. The molecule has 1 aliphatic carbocycles. The first kappa shape index (κ1) is 13.9. The van der Waals surface area contributed by atoms with Crippen molar-refractivity contribution in [3.8, 4) is 11.4 Å². The van der Waals surface area contributed by atoms with Crippen LogP contribution in [0.1, 0.15) is 25.5 Å². The van der Waals surface area contributed by atoms with Gasteiger partial charge in [0.15, 0.2) is 5.82 Å².